The molecule has 7 heteroatoms. The van der Waals surface area contributed by atoms with E-state index in [0.29, 0.717) is 5.69 Å². The molecular formula is C31H36N4O3. The van der Waals surface area contributed by atoms with Crippen molar-refractivity contribution in [3.63, 3.8) is 0 Å². The number of hydrogen-bond acceptors (Lipinski definition) is 6. The van der Waals surface area contributed by atoms with Crippen LogP contribution in [0.5, 0.6) is 11.5 Å². The van der Waals surface area contributed by atoms with Crippen molar-refractivity contribution in [2.24, 2.45) is 0 Å². The maximum atomic E-state index is 12.2. The number of nitrogens with zero attached hydrogens (tertiary/aromatic N) is 2. The molecule has 38 heavy (non-hydrogen) atoms. The summed E-state index contributed by atoms with van der Waals surface area (Å²) in [4.78, 5) is 10.7. The van der Waals surface area contributed by atoms with Crippen LogP contribution in [0.25, 0.3) is 11.4 Å². The van der Waals surface area contributed by atoms with Gasteiger partial charge in [0.2, 0.25) is 0 Å². The largest absolute Gasteiger partial charge is 0.497 e. The van der Waals surface area contributed by atoms with Gasteiger partial charge in [0, 0.05) is 43.4 Å². The lowest BCUT2D eigenvalue weighted by Gasteiger charge is -2.42. The number of nitrogens with one attached hydrogen (secondary N) is 2. The molecule has 3 aromatic carbocycles. The Morgan fingerprint density at radius 2 is 1.45 bits per heavy atom. The van der Waals surface area contributed by atoms with Crippen LogP contribution in [-0.4, -0.2) is 66.4 Å². The Morgan fingerprint density at radius 3 is 2.03 bits per heavy atom. The summed E-state index contributed by atoms with van der Waals surface area (Å²) < 4.78 is 11.2. The van der Waals surface area contributed by atoms with Crippen molar-refractivity contribution in [3.05, 3.63) is 101 Å². The molecule has 0 spiro atoms. The third-order valence-corrected chi connectivity index (χ3v) is 7.39. The van der Waals surface area contributed by atoms with E-state index in [0.717, 1.165) is 65.9 Å². The number of aliphatic hydroxyl groups excluding tert-OH is 1. The average molecular weight is 513 g/mol. The Kier molecular flexibility index (Phi) is 8.08. The molecule has 3 N–H and O–H groups in total. The molecule has 5 rings (SSSR count). The highest BCUT2D eigenvalue weighted by Crippen LogP contribution is 2.40. The molecule has 0 aliphatic carbocycles. The summed E-state index contributed by atoms with van der Waals surface area (Å²) in [5.41, 5.74) is 4.66. The van der Waals surface area contributed by atoms with Crippen LogP contribution in [0.15, 0.2) is 78.9 Å². The van der Waals surface area contributed by atoms with Gasteiger partial charge in [-0.05, 0) is 42.3 Å². The first-order chi connectivity index (χ1) is 18.6. The normalized spacial score (nSPS) is 15.8. The van der Waals surface area contributed by atoms with E-state index in [-0.39, 0.29) is 12.0 Å². The molecule has 4 aromatic rings. The van der Waals surface area contributed by atoms with Gasteiger partial charge in [-0.2, -0.15) is 0 Å². The molecule has 0 amide bonds. The number of ether oxygens (including phenoxy) is 2. The van der Waals surface area contributed by atoms with Crippen molar-refractivity contribution in [1.29, 1.82) is 0 Å². The number of aryl methyl sites for hydroxylation is 1. The molecule has 7 nitrogen and oxygen atoms in total. The zero-order valence-corrected chi connectivity index (χ0v) is 22.2. The van der Waals surface area contributed by atoms with Crippen LogP contribution in [0.1, 0.15) is 34.5 Å². The van der Waals surface area contributed by atoms with E-state index in [9.17, 15) is 5.11 Å². The first kappa shape index (κ1) is 26.0. The van der Waals surface area contributed by atoms with E-state index in [1.807, 2.05) is 61.5 Å². The summed E-state index contributed by atoms with van der Waals surface area (Å²) >= 11 is 0. The van der Waals surface area contributed by atoms with E-state index in [2.05, 4.69) is 39.5 Å². The Hall–Kier alpha value is -3.65. The van der Waals surface area contributed by atoms with Gasteiger partial charge in [-0.3, -0.25) is 4.90 Å². The minimum atomic E-state index is -0.843. The predicted octanol–water partition coefficient (Wildman–Crippen LogP) is 4.54. The van der Waals surface area contributed by atoms with Gasteiger partial charge in [-0.1, -0.05) is 54.6 Å². The van der Waals surface area contributed by atoms with Gasteiger partial charge in [0.25, 0.3) is 0 Å². The Labute approximate surface area is 224 Å². The van der Waals surface area contributed by atoms with Crippen molar-refractivity contribution in [1.82, 2.24) is 20.2 Å². The Balaban J connectivity index is 1.64. The molecule has 2 unspecified atom stereocenters. The number of aliphatic hydroxyl groups is 1. The van der Waals surface area contributed by atoms with Crippen LogP contribution in [0.2, 0.25) is 0 Å². The van der Waals surface area contributed by atoms with E-state index < -0.39 is 6.10 Å². The third-order valence-electron chi connectivity index (χ3n) is 7.39. The standard InChI is InChI=1S/C31H36N4O3/c1-21-28(34-31(33-21)22-9-5-4-6-10-22)30(36)29(35-17-15-32-16-18-35)27(23-11-7-13-25(19-23)37-2)24-12-8-14-26(20-24)38-3/h4-14,19-20,27,29-30,32,36H,15-18H2,1-3H3,(H,33,34). The summed E-state index contributed by atoms with van der Waals surface area (Å²) in [7, 11) is 3.36. The van der Waals surface area contributed by atoms with Gasteiger partial charge < -0.3 is 24.9 Å². The molecule has 0 radical (unpaired) electrons. The molecule has 0 bridgehead atoms. The van der Waals surface area contributed by atoms with E-state index in [1.54, 1.807) is 14.2 Å². The Bertz CT molecular complexity index is 1290. The lowest BCUT2D eigenvalue weighted by molar-refractivity contribution is 0.0295. The highest BCUT2D eigenvalue weighted by Gasteiger charge is 2.39. The second kappa shape index (κ2) is 11.8. The number of H-pyrrole nitrogens is 1. The Morgan fingerprint density at radius 1 is 0.842 bits per heavy atom. The van der Waals surface area contributed by atoms with E-state index in [4.69, 9.17) is 14.5 Å². The second-order valence-electron chi connectivity index (χ2n) is 9.71. The van der Waals surface area contributed by atoms with Gasteiger partial charge in [-0.25, -0.2) is 4.98 Å². The van der Waals surface area contributed by atoms with Crippen LogP contribution < -0.4 is 14.8 Å². The smallest absolute Gasteiger partial charge is 0.137 e. The van der Waals surface area contributed by atoms with Crippen LogP contribution in [-0.2, 0) is 0 Å². The number of piperazine rings is 1. The van der Waals surface area contributed by atoms with Crippen molar-refractivity contribution in [3.8, 4) is 22.9 Å². The summed E-state index contributed by atoms with van der Waals surface area (Å²) in [6.07, 6.45) is -0.843. The fourth-order valence-electron chi connectivity index (χ4n) is 5.49. The molecule has 2 heterocycles. The molecule has 1 aliphatic rings. The van der Waals surface area contributed by atoms with Crippen molar-refractivity contribution < 1.29 is 14.6 Å². The van der Waals surface area contributed by atoms with E-state index >= 15 is 0 Å². The molecule has 2 atom stereocenters. The van der Waals surface area contributed by atoms with Crippen LogP contribution in [0, 0.1) is 6.92 Å². The monoisotopic (exact) mass is 512 g/mol. The van der Waals surface area contributed by atoms with Gasteiger partial charge >= 0.3 is 0 Å². The van der Waals surface area contributed by atoms with Crippen LogP contribution in [0.3, 0.4) is 0 Å². The first-order valence-electron chi connectivity index (χ1n) is 13.1. The fraction of sp³-hybridized carbons (Fsp3) is 0.323. The van der Waals surface area contributed by atoms with E-state index in [1.165, 1.54) is 0 Å². The third kappa shape index (κ3) is 5.45. The lowest BCUT2D eigenvalue weighted by atomic mass is 9.80. The average Bonchev–Trinajstić information content (AvgIpc) is 3.38. The van der Waals surface area contributed by atoms with Crippen molar-refractivity contribution >= 4 is 0 Å². The number of aromatic amines is 1. The van der Waals surface area contributed by atoms with Gasteiger partial charge in [0.15, 0.2) is 0 Å². The quantitative estimate of drug-likeness (QED) is 0.305. The number of imidazole rings is 1. The fourth-order valence-corrected chi connectivity index (χ4v) is 5.49. The highest BCUT2D eigenvalue weighted by molar-refractivity contribution is 5.56. The molecule has 1 aromatic heterocycles. The maximum Gasteiger partial charge on any atom is 0.137 e. The maximum absolute atomic E-state index is 12.2. The molecule has 1 saturated heterocycles. The van der Waals surface area contributed by atoms with Crippen molar-refractivity contribution in [2.75, 3.05) is 40.4 Å². The van der Waals surface area contributed by atoms with Crippen LogP contribution >= 0.6 is 0 Å². The minimum Gasteiger partial charge on any atom is -0.497 e. The second-order valence-corrected chi connectivity index (χ2v) is 9.71. The minimum absolute atomic E-state index is 0.162. The zero-order valence-electron chi connectivity index (χ0n) is 22.2. The number of rotatable bonds is 9. The van der Waals surface area contributed by atoms with Gasteiger partial charge in [-0.15, -0.1) is 0 Å². The number of methoxy groups -OCH3 is 2. The molecule has 198 valence electrons. The van der Waals surface area contributed by atoms with Gasteiger partial charge in [0.05, 0.1) is 26.0 Å². The lowest BCUT2D eigenvalue weighted by Crippen LogP contribution is -2.52. The number of aromatic nitrogens is 2. The predicted molar refractivity (Wildman–Crippen MR) is 150 cm³/mol. The summed E-state index contributed by atoms with van der Waals surface area (Å²) in [6.45, 7) is 5.35. The van der Waals surface area contributed by atoms with Crippen molar-refractivity contribution in [2.45, 2.75) is 25.0 Å². The molecule has 1 aliphatic heterocycles. The molecule has 0 saturated carbocycles. The summed E-state index contributed by atoms with van der Waals surface area (Å²) in [6, 6.07) is 26.0. The zero-order chi connectivity index (χ0) is 26.5. The topological polar surface area (TPSA) is 82.6 Å². The summed E-state index contributed by atoms with van der Waals surface area (Å²) in [5, 5.41) is 15.7. The SMILES string of the molecule is COc1cccc(C(c2cccc(OC)c2)C(C(O)c2nc(-c3ccccc3)[nH]c2C)N2CCNCC2)c1. The number of benzene rings is 3. The highest BCUT2D eigenvalue weighted by atomic mass is 16.5. The number of hydrogen-bond donors (Lipinski definition) is 3. The molecule has 1 fully saturated rings. The van der Waals surface area contributed by atoms with Gasteiger partial charge in [0.1, 0.15) is 23.4 Å². The molecular weight excluding hydrogens is 476 g/mol. The first-order valence-corrected chi connectivity index (χ1v) is 13.1. The summed E-state index contributed by atoms with van der Waals surface area (Å²) in [5.74, 6) is 2.16. The van der Waals surface area contributed by atoms with Crippen LogP contribution in [0.4, 0.5) is 0 Å².